The van der Waals surface area contributed by atoms with E-state index in [2.05, 4.69) is 20.6 Å². The Morgan fingerprint density at radius 1 is 1.22 bits per heavy atom. The van der Waals surface area contributed by atoms with Gasteiger partial charge in [-0.15, -0.1) is 35.3 Å². The average molecular weight is 446 g/mol. The summed E-state index contributed by atoms with van der Waals surface area (Å²) in [6.45, 7) is 5.44. The number of ether oxygens (including phenoxy) is 1. The van der Waals surface area contributed by atoms with E-state index < -0.39 is 0 Å². The molecule has 0 amide bonds. The van der Waals surface area contributed by atoms with Gasteiger partial charge in [-0.1, -0.05) is 18.2 Å². The minimum Gasteiger partial charge on any atom is -0.496 e. The highest BCUT2D eigenvalue weighted by molar-refractivity contribution is 14.0. The number of thiazole rings is 1. The second-order valence-electron chi connectivity index (χ2n) is 4.83. The SMILES string of the molecule is CN=C(NCc1ccccc1OC)NCc1sc(C)nc1C.I. The first-order valence-electron chi connectivity index (χ1n) is 7.13. The number of nitrogens with zero attached hydrogens (tertiary/aromatic N) is 2. The molecule has 2 aromatic rings. The van der Waals surface area contributed by atoms with Gasteiger partial charge in [0.2, 0.25) is 0 Å². The summed E-state index contributed by atoms with van der Waals surface area (Å²) in [5, 5.41) is 7.71. The molecule has 0 saturated heterocycles. The van der Waals surface area contributed by atoms with E-state index in [9.17, 15) is 0 Å². The van der Waals surface area contributed by atoms with Gasteiger partial charge in [-0.3, -0.25) is 4.99 Å². The maximum atomic E-state index is 5.35. The van der Waals surface area contributed by atoms with Crippen molar-refractivity contribution >= 4 is 41.3 Å². The van der Waals surface area contributed by atoms with E-state index in [1.165, 1.54) is 4.88 Å². The molecule has 126 valence electrons. The number of aliphatic imine (C=N–C) groups is 1. The molecule has 1 heterocycles. The number of nitrogens with one attached hydrogen (secondary N) is 2. The van der Waals surface area contributed by atoms with Crippen LogP contribution in [0.5, 0.6) is 5.75 Å². The molecular formula is C16H23IN4OS. The van der Waals surface area contributed by atoms with Gasteiger partial charge in [0.05, 0.1) is 24.4 Å². The van der Waals surface area contributed by atoms with Crippen LogP contribution >= 0.6 is 35.3 Å². The fourth-order valence-electron chi connectivity index (χ4n) is 2.15. The summed E-state index contributed by atoms with van der Waals surface area (Å²) < 4.78 is 5.35. The molecule has 0 saturated carbocycles. The van der Waals surface area contributed by atoms with Crippen molar-refractivity contribution in [3.8, 4) is 5.75 Å². The lowest BCUT2D eigenvalue weighted by Gasteiger charge is -2.13. The highest BCUT2D eigenvalue weighted by Gasteiger charge is 2.07. The molecule has 0 atom stereocenters. The minimum absolute atomic E-state index is 0. The molecule has 0 aliphatic carbocycles. The maximum absolute atomic E-state index is 5.35. The third kappa shape index (κ3) is 5.65. The number of methoxy groups -OCH3 is 1. The van der Waals surface area contributed by atoms with Crippen molar-refractivity contribution in [2.75, 3.05) is 14.2 Å². The van der Waals surface area contributed by atoms with Crippen LogP contribution in [-0.4, -0.2) is 25.1 Å². The largest absolute Gasteiger partial charge is 0.496 e. The predicted molar refractivity (Wildman–Crippen MR) is 107 cm³/mol. The molecule has 0 aliphatic heterocycles. The van der Waals surface area contributed by atoms with Gasteiger partial charge in [-0.25, -0.2) is 4.98 Å². The fraction of sp³-hybridized carbons (Fsp3) is 0.375. The van der Waals surface area contributed by atoms with Crippen molar-refractivity contribution in [1.29, 1.82) is 0 Å². The Labute approximate surface area is 158 Å². The van der Waals surface area contributed by atoms with Gasteiger partial charge in [0.15, 0.2) is 5.96 Å². The van der Waals surface area contributed by atoms with Crippen molar-refractivity contribution in [3.05, 3.63) is 45.4 Å². The molecule has 0 aliphatic rings. The van der Waals surface area contributed by atoms with Gasteiger partial charge in [0.25, 0.3) is 0 Å². The first-order valence-corrected chi connectivity index (χ1v) is 7.95. The van der Waals surface area contributed by atoms with Crippen LogP contribution in [0.25, 0.3) is 0 Å². The lowest BCUT2D eigenvalue weighted by molar-refractivity contribution is 0.409. The van der Waals surface area contributed by atoms with E-state index in [1.54, 1.807) is 25.5 Å². The molecule has 5 nitrogen and oxygen atoms in total. The summed E-state index contributed by atoms with van der Waals surface area (Å²) in [7, 11) is 3.45. The number of hydrogen-bond acceptors (Lipinski definition) is 4. The molecule has 2 N–H and O–H groups in total. The molecule has 0 spiro atoms. The summed E-state index contributed by atoms with van der Waals surface area (Å²) in [6.07, 6.45) is 0. The summed E-state index contributed by atoms with van der Waals surface area (Å²) in [5.41, 5.74) is 2.17. The lowest BCUT2D eigenvalue weighted by Crippen LogP contribution is -2.36. The van der Waals surface area contributed by atoms with Gasteiger partial charge < -0.3 is 15.4 Å². The van der Waals surface area contributed by atoms with Crippen molar-refractivity contribution in [2.45, 2.75) is 26.9 Å². The van der Waals surface area contributed by atoms with Crippen LogP contribution in [0, 0.1) is 13.8 Å². The van der Waals surface area contributed by atoms with Crippen LogP contribution < -0.4 is 15.4 Å². The smallest absolute Gasteiger partial charge is 0.191 e. The van der Waals surface area contributed by atoms with Gasteiger partial charge in [0.1, 0.15) is 5.75 Å². The first kappa shape index (κ1) is 19.7. The molecule has 1 aromatic heterocycles. The zero-order valence-corrected chi connectivity index (χ0v) is 17.0. The van der Waals surface area contributed by atoms with E-state index in [-0.39, 0.29) is 24.0 Å². The van der Waals surface area contributed by atoms with E-state index in [4.69, 9.17) is 4.74 Å². The van der Waals surface area contributed by atoms with Gasteiger partial charge in [-0.05, 0) is 19.9 Å². The Balaban J connectivity index is 0.00000264. The number of rotatable bonds is 5. The Morgan fingerprint density at radius 2 is 1.91 bits per heavy atom. The second-order valence-corrected chi connectivity index (χ2v) is 6.12. The standard InChI is InChI=1S/C16H22N4OS.HI/c1-11-15(22-12(2)20-11)10-19-16(17-3)18-9-13-7-5-6-8-14(13)21-4;/h5-8H,9-10H2,1-4H3,(H2,17,18,19);1H. The minimum atomic E-state index is 0. The number of para-hydroxylation sites is 1. The molecular weight excluding hydrogens is 423 g/mol. The number of hydrogen-bond donors (Lipinski definition) is 2. The summed E-state index contributed by atoms with van der Waals surface area (Å²) in [6, 6.07) is 7.95. The summed E-state index contributed by atoms with van der Waals surface area (Å²) >= 11 is 1.71. The Kier molecular flexibility index (Phi) is 8.32. The predicted octanol–water partition coefficient (Wildman–Crippen LogP) is 3.25. The lowest BCUT2D eigenvalue weighted by atomic mass is 10.2. The van der Waals surface area contributed by atoms with Crippen LogP contribution in [0.4, 0.5) is 0 Å². The van der Waals surface area contributed by atoms with Crippen molar-refractivity contribution in [2.24, 2.45) is 4.99 Å². The highest BCUT2D eigenvalue weighted by atomic mass is 127. The number of aromatic nitrogens is 1. The normalized spacial score (nSPS) is 10.9. The third-order valence-corrected chi connectivity index (χ3v) is 4.35. The Morgan fingerprint density at radius 3 is 2.52 bits per heavy atom. The number of benzene rings is 1. The summed E-state index contributed by atoms with van der Waals surface area (Å²) in [5.74, 6) is 1.63. The number of halogens is 1. The molecule has 0 fully saturated rings. The molecule has 1 aromatic carbocycles. The Hall–Kier alpha value is -1.35. The number of aryl methyl sites for hydroxylation is 2. The second kappa shape index (κ2) is 9.71. The van der Waals surface area contributed by atoms with Crippen LogP contribution in [0.15, 0.2) is 29.3 Å². The zero-order valence-electron chi connectivity index (χ0n) is 13.8. The maximum Gasteiger partial charge on any atom is 0.191 e. The summed E-state index contributed by atoms with van der Waals surface area (Å²) in [4.78, 5) is 9.91. The topological polar surface area (TPSA) is 58.5 Å². The van der Waals surface area contributed by atoms with E-state index in [0.29, 0.717) is 6.54 Å². The monoisotopic (exact) mass is 446 g/mol. The third-order valence-electron chi connectivity index (χ3n) is 3.28. The molecule has 23 heavy (non-hydrogen) atoms. The molecule has 0 radical (unpaired) electrons. The van der Waals surface area contributed by atoms with Gasteiger partial charge in [-0.2, -0.15) is 0 Å². The fourth-order valence-corrected chi connectivity index (χ4v) is 3.03. The van der Waals surface area contributed by atoms with Crippen LogP contribution in [0.1, 0.15) is 21.1 Å². The molecule has 2 rings (SSSR count). The zero-order chi connectivity index (χ0) is 15.9. The van der Waals surface area contributed by atoms with Crippen molar-refractivity contribution in [3.63, 3.8) is 0 Å². The average Bonchev–Trinajstić information content (AvgIpc) is 2.85. The first-order chi connectivity index (χ1) is 10.6. The molecule has 0 bridgehead atoms. The quantitative estimate of drug-likeness (QED) is 0.421. The molecule has 7 heteroatoms. The highest BCUT2D eigenvalue weighted by Crippen LogP contribution is 2.17. The van der Waals surface area contributed by atoms with Crippen LogP contribution in [-0.2, 0) is 13.1 Å². The van der Waals surface area contributed by atoms with Crippen LogP contribution in [0.2, 0.25) is 0 Å². The van der Waals surface area contributed by atoms with Crippen molar-refractivity contribution < 1.29 is 4.74 Å². The molecule has 0 unspecified atom stereocenters. The Bertz CT molecular complexity index is 657. The van der Waals surface area contributed by atoms with Crippen molar-refractivity contribution in [1.82, 2.24) is 15.6 Å². The number of guanidine groups is 1. The van der Waals surface area contributed by atoms with E-state index >= 15 is 0 Å². The van der Waals surface area contributed by atoms with Gasteiger partial charge >= 0.3 is 0 Å². The van der Waals surface area contributed by atoms with Gasteiger partial charge in [0, 0.05) is 24.0 Å². The van der Waals surface area contributed by atoms with E-state index in [1.807, 2.05) is 38.1 Å². The van der Waals surface area contributed by atoms with Crippen LogP contribution in [0.3, 0.4) is 0 Å². The van der Waals surface area contributed by atoms with E-state index in [0.717, 1.165) is 34.5 Å².